The number of fused-ring (bicyclic) bond motifs is 1. The largest absolute Gasteiger partial charge is 0.346 e. The summed E-state index contributed by atoms with van der Waals surface area (Å²) >= 11 is 9.95. The molecule has 24 heavy (non-hydrogen) atoms. The number of hydrogen-bond donors (Lipinski definition) is 1. The molecule has 2 aromatic carbocycles. The van der Waals surface area contributed by atoms with Crippen molar-refractivity contribution in [3.05, 3.63) is 68.7 Å². The lowest BCUT2D eigenvalue weighted by molar-refractivity contribution is -0.130. The molecule has 4 heteroatoms. The van der Waals surface area contributed by atoms with Crippen LogP contribution in [-0.4, -0.2) is 5.91 Å². The number of carbonyl (C=O) groups excluding carboxylic acids is 1. The normalized spacial score (nSPS) is 22.0. The van der Waals surface area contributed by atoms with Crippen LogP contribution in [0.2, 0.25) is 5.02 Å². The molecule has 126 valence electrons. The average molecular weight is 407 g/mol. The van der Waals surface area contributed by atoms with E-state index in [4.69, 9.17) is 11.6 Å². The Morgan fingerprint density at radius 3 is 2.50 bits per heavy atom. The van der Waals surface area contributed by atoms with Crippen LogP contribution in [-0.2, 0) is 22.2 Å². The Kier molecular flexibility index (Phi) is 4.52. The van der Waals surface area contributed by atoms with E-state index in [-0.39, 0.29) is 11.4 Å². The van der Waals surface area contributed by atoms with Gasteiger partial charge in [0, 0.05) is 9.50 Å². The van der Waals surface area contributed by atoms with Gasteiger partial charge >= 0.3 is 0 Å². The fourth-order valence-electron chi connectivity index (χ4n) is 3.67. The van der Waals surface area contributed by atoms with Crippen molar-refractivity contribution in [2.75, 3.05) is 0 Å². The Morgan fingerprint density at radius 1 is 1.12 bits per heavy atom. The second-order valence-electron chi connectivity index (χ2n) is 6.97. The SMILES string of the molecule is CCC1(Cc2ccccc2Cl)C(=O)NC(C)(C)c2ccc(Br)cc21. The fraction of sp³-hybridized carbons (Fsp3) is 0.350. The van der Waals surface area contributed by atoms with Crippen molar-refractivity contribution in [3.63, 3.8) is 0 Å². The third kappa shape index (κ3) is 2.78. The second kappa shape index (κ2) is 6.20. The van der Waals surface area contributed by atoms with E-state index in [1.807, 2.05) is 44.2 Å². The Hall–Kier alpha value is -1.32. The van der Waals surface area contributed by atoms with E-state index in [0.717, 1.165) is 15.6 Å². The molecular formula is C20H21BrClNO. The summed E-state index contributed by atoms with van der Waals surface area (Å²) in [4.78, 5) is 13.2. The molecule has 3 rings (SSSR count). The summed E-state index contributed by atoms with van der Waals surface area (Å²) in [7, 11) is 0. The first kappa shape index (κ1) is 17.5. The number of benzene rings is 2. The van der Waals surface area contributed by atoms with Crippen LogP contribution in [0.5, 0.6) is 0 Å². The second-order valence-corrected chi connectivity index (χ2v) is 8.30. The first-order valence-electron chi connectivity index (χ1n) is 8.17. The van der Waals surface area contributed by atoms with Crippen molar-refractivity contribution < 1.29 is 4.79 Å². The van der Waals surface area contributed by atoms with Gasteiger partial charge in [-0.3, -0.25) is 4.79 Å². The van der Waals surface area contributed by atoms with E-state index in [2.05, 4.69) is 40.3 Å². The van der Waals surface area contributed by atoms with E-state index in [1.54, 1.807) is 0 Å². The highest BCUT2D eigenvalue weighted by atomic mass is 79.9. The van der Waals surface area contributed by atoms with Gasteiger partial charge in [-0.15, -0.1) is 0 Å². The van der Waals surface area contributed by atoms with Gasteiger partial charge in [0.2, 0.25) is 5.91 Å². The Morgan fingerprint density at radius 2 is 1.83 bits per heavy atom. The van der Waals surface area contributed by atoms with Crippen LogP contribution in [0.1, 0.15) is 43.9 Å². The standard InChI is InChI=1S/C20H21BrClNO/c1-4-20(12-13-7-5-6-8-17(13)22)16-11-14(21)9-10-15(16)19(2,3)23-18(20)24/h5-11H,4,12H2,1-3H3,(H,23,24). The molecule has 0 bridgehead atoms. The molecule has 0 fully saturated rings. The minimum Gasteiger partial charge on any atom is -0.346 e. The zero-order chi connectivity index (χ0) is 17.5. The van der Waals surface area contributed by atoms with Gasteiger partial charge in [-0.25, -0.2) is 0 Å². The maximum atomic E-state index is 13.2. The Labute approximate surface area is 156 Å². The summed E-state index contributed by atoms with van der Waals surface area (Å²) in [5.41, 5.74) is 2.26. The molecule has 0 saturated heterocycles. The zero-order valence-corrected chi connectivity index (χ0v) is 16.5. The fourth-order valence-corrected chi connectivity index (χ4v) is 4.23. The number of rotatable bonds is 3. The lowest BCUT2D eigenvalue weighted by Gasteiger charge is -2.45. The molecule has 0 aromatic heterocycles. The lowest BCUT2D eigenvalue weighted by atomic mass is 9.65. The van der Waals surface area contributed by atoms with Crippen LogP contribution < -0.4 is 5.32 Å². The average Bonchev–Trinajstić information content (AvgIpc) is 2.52. The Balaban J connectivity index is 2.21. The minimum atomic E-state index is -0.611. The molecule has 1 atom stereocenters. The maximum Gasteiger partial charge on any atom is 0.231 e. The maximum absolute atomic E-state index is 13.2. The number of carbonyl (C=O) groups is 1. The molecule has 2 aromatic rings. The van der Waals surface area contributed by atoms with Crippen LogP contribution in [0.4, 0.5) is 0 Å². The van der Waals surface area contributed by atoms with Crippen LogP contribution >= 0.6 is 27.5 Å². The van der Waals surface area contributed by atoms with Gasteiger partial charge < -0.3 is 5.32 Å². The predicted molar refractivity (Wildman–Crippen MR) is 102 cm³/mol. The quantitative estimate of drug-likeness (QED) is 0.730. The molecule has 0 saturated carbocycles. The molecule has 0 radical (unpaired) electrons. The van der Waals surface area contributed by atoms with E-state index < -0.39 is 5.41 Å². The van der Waals surface area contributed by atoms with Crippen molar-refractivity contribution in [2.24, 2.45) is 0 Å². The number of nitrogens with one attached hydrogen (secondary N) is 1. The smallest absolute Gasteiger partial charge is 0.231 e. The highest BCUT2D eigenvalue weighted by Crippen LogP contribution is 2.44. The topological polar surface area (TPSA) is 29.1 Å². The van der Waals surface area contributed by atoms with E-state index in [1.165, 1.54) is 5.56 Å². The summed E-state index contributed by atoms with van der Waals surface area (Å²) < 4.78 is 0.990. The van der Waals surface area contributed by atoms with Crippen LogP contribution in [0.25, 0.3) is 0 Å². The first-order valence-corrected chi connectivity index (χ1v) is 9.34. The molecule has 1 aliphatic heterocycles. The van der Waals surface area contributed by atoms with Crippen molar-refractivity contribution in [1.82, 2.24) is 5.32 Å². The van der Waals surface area contributed by atoms with Crippen molar-refractivity contribution >= 4 is 33.4 Å². The summed E-state index contributed by atoms with van der Waals surface area (Å²) in [6.45, 7) is 6.17. The molecule has 1 heterocycles. The zero-order valence-electron chi connectivity index (χ0n) is 14.1. The number of hydrogen-bond acceptors (Lipinski definition) is 1. The third-order valence-corrected chi connectivity index (χ3v) is 5.95. The molecule has 1 aliphatic rings. The van der Waals surface area contributed by atoms with Gasteiger partial charge in [0.15, 0.2) is 0 Å². The molecule has 1 N–H and O–H groups in total. The number of halogens is 2. The highest BCUT2D eigenvalue weighted by molar-refractivity contribution is 9.10. The minimum absolute atomic E-state index is 0.0699. The van der Waals surface area contributed by atoms with Crippen molar-refractivity contribution in [3.8, 4) is 0 Å². The molecule has 2 nitrogen and oxygen atoms in total. The third-order valence-electron chi connectivity index (χ3n) is 5.08. The Bertz CT molecular complexity index is 802. The highest BCUT2D eigenvalue weighted by Gasteiger charge is 2.48. The monoisotopic (exact) mass is 405 g/mol. The lowest BCUT2D eigenvalue weighted by Crippen LogP contribution is -2.57. The van der Waals surface area contributed by atoms with E-state index in [9.17, 15) is 4.79 Å². The molecule has 1 amide bonds. The van der Waals surface area contributed by atoms with Crippen LogP contribution in [0.15, 0.2) is 46.9 Å². The van der Waals surface area contributed by atoms with Gasteiger partial charge in [0.25, 0.3) is 0 Å². The summed E-state index contributed by atoms with van der Waals surface area (Å²) in [5.74, 6) is 0.0699. The van der Waals surface area contributed by atoms with Crippen LogP contribution in [0.3, 0.4) is 0 Å². The van der Waals surface area contributed by atoms with Gasteiger partial charge in [-0.2, -0.15) is 0 Å². The van der Waals surface area contributed by atoms with Crippen molar-refractivity contribution in [2.45, 2.75) is 44.6 Å². The van der Waals surface area contributed by atoms with Crippen LogP contribution in [0, 0.1) is 0 Å². The van der Waals surface area contributed by atoms with Gasteiger partial charge in [-0.05, 0) is 61.6 Å². The van der Waals surface area contributed by atoms with Gasteiger partial charge in [0.1, 0.15) is 0 Å². The number of amides is 1. The summed E-state index contributed by atoms with van der Waals surface area (Å²) in [5, 5.41) is 3.92. The first-order chi connectivity index (χ1) is 11.3. The van der Waals surface area contributed by atoms with E-state index >= 15 is 0 Å². The molecule has 0 spiro atoms. The summed E-state index contributed by atoms with van der Waals surface area (Å²) in [6, 6.07) is 14.0. The van der Waals surface area contributed by atoms with Gasteiger partial charge in [0.05, 0.1) is 11.0 Å². The molecular weight excluding hydrogens is 386 g/mol. The molecule has 1 unspecified atom stereocenters. The van der Waals surface area contributed by atoms with E-state index in [0.29, 0.717) is 17.9 Å². The predicted octanol–water partition coefficient (Wildman–Crippen LogP) is 5.36. The van der Waals surface area contributed by atoms with Gasteiger partial charge in [-0.1, -0.05) is 58.7 Å². The van der Waals surface area contributed by atoms with Crippen molar-refractivity contribution in [1.29, 1.82) is 0 Å². The summed E-state index contributed by atoms with van der Waals surface area (Å²) in [6.07, 6.45) is 1.30. The molecule has 0 aliphatic carbocycles.